The Morgan fingerprint density at radius 3 is 1.40 bits per heavy atom. The average Bonchev–Trinajstić information content (AvgIpc) is 4.12. The summed E-state index contributed by atoms with van der Waals surface area (Å²) >= 11 is 0. The van der Waals surface area contributed by atoms with Crippen molar-refractivity contribution in [3.63, 3.8) is 0 Å². The smallest absolute Gasteiger partial charge is 0.313 e. The van der Waals surface area contributed by atoms with Gasteiger partial charge in [0.1, 0.15) is 11.6 Å². The SMILES string of the molecule is C[C@@H]1CC[C@@H](c2ccn(-c3ccn[nH]3)n2)N(C(=O)C(=O)Nc2cncc(C(N)=O)c2)C1.C[C@H]1CC[C@H](c2ccn(-c3ccn[nH]3)n2)N(C(=O)C(=O)Nc2cncc(C(N)=O)c2)C1. The summed E-state index contributed by atoms with van der Waals surface area (Å²) in [5.74, 6) is -2.40. The molecule has 62 heavy (non-hydrogen) atoms. The lowest BCUT2D eigenvalue weighted by Crippen LogP contribution is -2.46. The first-order chi connectivity index (χ1) is 29.8. The lowest BCUT2D eigenvalue weighted by atomic mass is 9.92. The summed E-state index contributed by atoms with van der Waals surface area (Å²) in [6, 6.07) is 9.34. The topological polar surface area (TPSA) is 304 Å². The Balaban J connectivity index is 0.000000186. The van der Waals surface area contributed by atoms with Crippen LogP contribution in [0.15, 0.2) is 86.0 Å². The molecule has 0 unspecified atom stereocenters. The van der Waals surface area contributed by atoms with E-state index in [0.29, 0.717) is 49.0 Å². The van der Waals surface area contributed by atoms with Gasteiger partial charge in [0, 0.05) is 50.0 Å². The van der Waals surface area contributed by atoms with Gasteiger partial charge in [-0.1, -0.05) is 13.8 Å². The molecule has 0 bridgehead atoms. The van der Waals surface area contributed by atoms with Crippen molar-refractivity contribution in [1.82, 2.24) is 59.7 Å². The highest BCUT2D eigenvalue weighted by atomic mass is 16.2. The predicted octanol–water partition coefficient (Wildman–Crippen LogP) is 2.06. The van der Waals surface area contributed by atoms with E-state index in [-0.39, 0.29) is 46.4 Å². The highest BCUT2D eigenvalue weighted by molar-refractivity contribution is 6.40. The third-order valence-corrected chi connectivity index (χ3v) is 10.5. The number of carbonyl (C=O) groups is 6. The van der Waals surface area contributed by atoms with Gasteiger partial charge in [-0.05, 0) is 61.8 Å². The molecule has 2 saturated heterocycles. The summed E-state index contributed by atoms with van der Waals surface area (Å²) < 4.78 is 3.29. The van der Waals surface area contributed by atoms with Gasteiger partial charge in [-0.2, -0.15) is 20.4 Å². The number of hydrogen-bond acceptors (Lipinski definition) is 12. The van der Waals surface area contributed by atoms with Crippen molar-refractivity contribution in [3.8, 4) is 11.6 Å². The molecule has 0 aromatic carbocycles. The number of nitrogens with two attached hydrogens (primary N) is 2. The van der Waals surface area contributed by atoms with Crippen molar-refractivity contribution in [1.29, 1.82) is 0 Å². The van der Waals surface area contributed by atoms with E-state index in [9.17, 15) is 28.8 Å². The van der Waals surface area contributed by atoms with Crippen molar-refractivity contribution in [2.24, 2.45) is 23.3 Å². The second-order valence-corrected chi connectivity index (χ2v) is 15.1. The van der Waals surface area contributed by atoms with Gasteiger partial charge in [-0.3, -0.25) is 48.9 Å². The fraction of sp³-hybridized carbons (Fsp3) is 0.300. The summed E-state index contributed by atoms with van der Waals surface area (Å²) in [7, 11) is 0. The van der Waals surface area contributed by atoms with E-state index in [1.54, 1.807) is 56.1 Å². The quantitative estimate of drug-likeness (QED) is 0.120. The molecule has 2 fully saturated rings. The van der Waals surface area contributed by atoms with Gasteiger partial charge in [0.25, 0.3) is 0 Å². The number of anilines is 2. The van der Waals surface area contributed by atoms with Crippen LogP contribution in [0, 0.1) is 11.8 Å². The molecule has 2 aliphatic rings. The molecule has 8 N–H and O–H groups in total. The van der Waals surface area contributed by atoms with E-state index < -0.39 is 35.4 Å². The zero-order valence-electron chi connectivity index (χ0n) is 33.7. The van der Waals surface area contributed by atoms with Gasteiger partial charge in [0.2, 0.25) is 11.8 Å². The monoisotopic (exact) mass is 844 g/mol. The van der Waals surface area contributed by atoms with Crippen LogP contribution in [0.4, 0.5) is 11.4 Å². The maximum absolute atomic E-state index is 13.0. The molecule has 6 amide bonds. The second-order valence-electron chi connectivity index (χ2n) is 15.1. The van der Waals surface area contributed by atoms with Crippen molar-refractivity contribution in [2.75, 3.05) is 23.7 Å². The maximum atomic E-state index is 13.0. The average molecular weight is 845 g/mol. The molecule has 8 rings (SSSR count). The summed E-state index contributed by atoms with van der Waals surface area (Å²) in [5, 5.41) is 27.7. The first-order valence-electron chi connectivity index (χ1n) is 19.7. The van der Waals surface area contributed by atoms with Gasteiger partial charge in [0.05, 0.1) is 70.8 Å². The van der Waals surface area contributed by atoms with Crippen molar-refractivity contribution < 1.29 is 28.8 Å². The number of H-pyrrole nitrogens is 2. The maximum Gasteiger partial charge on any atom is 0.313 e. The Kier molecular flexibility index (Phi) is 12.5. The Labute approximate surface area is 353 Å². The number of aromatic nitrogens is 10. The highest BCUT2D eigenvalue weighted by Gasteiger charge is 2.37. The number of carbonyl (C=O) groups excluding carboxylic acids is 6. The number of amides is 6. The molecule has 0 aliphatic carbocycles. The number of hydrogen-bond donors (Lipinski definition) is 6. The zero-order valence-corrected chi connectivity index (χ0v) is 33.7. The largest absolute Gasteiger partial charge is 0.366 e. The fourth-order valence-electron chi connectivity index (χ4n) is 7.34. The molecule has 4 atom stereocenters. The Morgan fingerprint density at radius 2 is 1.03 bits per heavy atom. The lowest BCUT2D eigenvalue weighted by Gasteiger charge is -2.37. The van der Waals surface area contributed by atoms with Crippen LogP contribution >= 0.6 is 0 Å². The first-order valence-corrected chi connectivity index (χ1v) is 19.7. The molecule has 0 radical (unpaired) electrons. The van der Waals surface area contributed by atoms with Crippen LogP contribution < -0.4 is 22.1 Å². The minimum Gasteiger partial charge on any atom is -0.366 e. The van der Waals surface area contributed by atoms with Gasteiger partial charge >= 0.3 is 23.6 Å². The standard InChI is InChI=1S/2C20H22N8O3/c2*1-12-2-3-16(15-5-7-28(26-15)17-4-6-23-25-17)27(11-12)20(31)19(30)24-14-8-13(18(21)29)9-22-10-14/h2*4-10,12,16H,2-3,11H2,1H3,(H2,21,29)(H,23,25)(H,24,30)/t2*12-,16+/m10/s1. The van der Waals surface area contributed by atoms with E-state index in [1.165, 1.54) is 36.9 Å². The van der Waals surface area contributed by atoms with E-state index in [0.717, 1.165) is 12.8 Å². The summed E-state index contributed by atoms with van der Waals surface area (Å²) in [5.41, 5.74) is 12.6. The Morgan fingerprint density at radius 1 is 0.613 bits per heavy atom. The third kappa shape index (κ3) is 9.70. The number of primary amides is 2. The highest BCUT2D eigenvalue weighted by Crippen LogP contribution is 2.34. The van der Waals surface area contributed by atoms with Gasteiger partial charge < -0.3 is 31.9 Å². The molecule has 2 aliphatic heterocycles. The zero-order chi connectivity index (χ0) is 43.9. The summed E-state index contributed by atoms with van der Waals surface area (Å²) in [6.07, 6.45) is 15.3. The van der Waals surface area contributed by atoms with E-state index in [4.69, 9.17) is 11.5 Å². The van der Waals surface area contributed by atoms with Gasteiger partial charge in [0.15, 0.2) is 0 Å². The minimum atomic E-state index is -0.810. The summed E-state index contributed by atoms with van der Waals surface area (Å²) in [6.45, 7) is 4.95. The summed E-state index contributed by atoms with van der Waals surface area (Å²) in [4.78, 5) is 84.9. The molecule has 22 nitrogen and oxygen atoms in total. The van der Waals surface area contributed by atoms with Crippen LogP contribution in [0.25, 0.3) is 11.6 Å². The fourth-order valence-corrected chi connectivity index (χ4v) is 7.34. The van der Waals surface area contributed by atoms with Crippen LogP contribution in [0.3, 0.4) is 0 Å². The molecule has 6 aromatic heterocycles. The van der Waals surface area contributed by atoms with Crippen LogP contribution in [0.5, 0.6) is 0 Å². The third-order valence-electron chi connectivity index (χ3n) is 10.5. The van der Waals surface area contributed by atoms with E-state index in [1.807, 2.05) is 26.0 Å². The second kappa shape index (κ2) is 18.5. The van der Waals surface area contributed by atoms with Crippen LogP contribution in [0.1, 0.15) is 83.7 Å². The number of aromatic amines is 2. The number of piperidine rings is 2. The Hall–Kier alpha value is -8.04. The van der Waals surface area contributed by atoms with E-state index in [2.05, 4.69) is 51.2 Å². The van der Waals surface area contributed by atoms with Crippen LogP contribution in [-0.4, -0.2) is 108 Å². The number of likely N-dealkylation sites (tertiary alicyclic amines) is 2. The van der Waals surface area contributed by atoms with Gasteiger partial charge in [-0.15, -0.1) is 0 Å². The number of nitrogens with one attached hydrogen (secondary N) is 4. The van der Waals surface area contributed by atoms with Crippen molar-refractivity contribution in [2.45, 2.75) is 51.6 Å². The normalized spacial score (nSPS) is 18.5. The molecule has 6 aromatic rings. The predicted molar refractivity (Wildman–Crippen MR) is 220 cm³/mol. The first kappa shape index (κ1) is 42.1. The number of pyridine rings is 2. The molecular weight excluding hydrogens is 801 g/mol. The number of nitrogens with zero attached hydrogens (tertiary/aromatic N) is 10. The van der Waals surface area contributed by atoms with Crippen LogP contribution in [0.2, 0.25) is 0 Å². The van der Waals surface area contributed by atoms with Crippen molar-refractivity contribution >= 4 is 46.8 Å². The minimum absolute atomic E-state index is 0.138. The number of rotatable bonds is 8. The lowest BCUT2D eigenvalue weighted by molar-refractivity contribution is -0.146. The van der Waals surface area contributed by atoms with E-state index >= 15 is 0 Å². The van der Waals surface area contributed by atoms with Crippen LogP contribution in [-0.2, 0) is 19.2 Å². The molecule has 8 heterocycles. The molecule has 22 heteroatoms. The molecule has 320 valence electrons. The Bertz CT molecular complexity index is 2390. The molecular formula is C40H44N16O6. The molecule has 0 saturated carbocycles. The van der Waals surface area contributed by atoms with Crippen molar-refractivity contribution in [3.05, 3.63) is 108 Å². The molecule has 0 spiro atoms. The van der Waals surface area contributed by atoms with Gasteiger partial charge in [-0.25, -0.2) is 9.36 Å².